The molecule has 0 bridgehead atoms. The van der Waals surface area contributed by atoms with Crippen molar-refractivity contribution in [3.05, 3.63) is 12.7 Å². The summed E-state index contributed by atoms with van der Waals surface area (Å²) in [6.45, 7) is 12.7. The summed E-state index contributed by atoms with van der Waals surface area (Å²) >= 11 is 0. The number of nitrogens with two attached hydrogens (primary N) is 1. The second-order valence-electron chi connectivity index (χ2n) is 8.34. The van der Waals surface area contributed by atoms with E-state index in [-0.39, 0.29) is 17.2 Å². The van der Waals surface area contributed by atoms with Crippen LogP contribution in [0.25, 0.3) is 11.2 Å². The largest absolute Gasteiger partial charge is 0.414 e. The molecule has 2 N–H and O–H groups in total. The van der Waals surface area contributed by atoms with Crippen LogP contribution in [-0.4, -0.2) is 47.2 Å². The van der Waals surface area contributed by atoms with Crippen LogP contribution in [0.4, 0.5) is 5.82 Å². The van der Waals surface area contributed by atoms with E-state index in [2.05, 4.69) is 53.4 Å². The number of imidazole rings is 1. The molecule has 138 valence electrons. The number of aromatic nitrogens is 4. The van der Waals surface area contributed by atoms with Gasteiger partial charge in [-0.25, -0.2) is 15.0 Å². The normalized spacial score (nSPS) is 22.4. The predicted molar refractivity (Wildman–Crippen MR) is 101 cm³/mol. The maximum absolute atomic E-state index is 6.30. The van der Waals surface area contributed by atoms with Gasteiger partial charge in [0.1, 0.15) is 11.8 Å². The molecule has 0 spiro atoms. The first kappa shape index (κ1) is 18.3. The second kappa shape index (κ2) is 6.66. The fraction of sp³-hybridized carbons (Fsp3) is 0.706. The fourth-order valence-electron chi connectivity index (χ4n) is 2.80. The van der Waals surface area contributed by atoms with Gasteiger partial charge in [-0.2, -0.15) is 0 Å². The van der Waals surface area contributed by atoms with Crippen LogP contribution in [0.15, 0.2) is 12.7 Å². The zero-order valence-corrected chi connectivity index (χ0v) is 16.8. The van der Waals surface area contributed by atoms with E-state index < -0.39 is 8.32 Å². The lowest BCUT2D eigenvalue weighted by Gasteiger charge is -2.38. The van der Waals surface area contributed by atoms with Crippen molar-refractivity contribution in [3.63, 3.8) is 0 Å². The number of nitrogen functional groups attached to an aromatic ring is 1. The van der Waals surface area contributed by atoms with Crippen LogP contribution >= 0.6 is 0 Å². The van der Waals surface area contributed by atoms with Crippen LogP contribution in [0.2, 0.25) is 18.1 Å². The molecule has 0 unspecified atom stereocenters. The minimum absolute atomic E-state index is 0.167. The number of rotatable bonds is 4. The van der Waals surface area contributed by atoms with Gasteiger partial charge in [0.05, 0.1) is 31.7 Å². The summed E-state index contributed by atoms with van der Waals surface area (Å²) in [7, 11) is -1.73. The average molecular weight is 364 g/mol. The monoisotopic (exact) mass is 363 g/mol. The quantitative estimate of drug-likeness (QED) is 0.840. The summed E-state index contributed by atoms with van der Waals surface area (Å²) in [6, 6.07) is 0.225. The second-order valence-corrected chi connectivity index (χ2v) is 13.2. The molecule has 7 nitrogen and oxygen atoms in total. The van der Waals surface area contributed by atoms with Crippen molar-refractivity contribution in [3.8, 4) is 0 Å². The SMILES string of the molecule is CC(C)(C)[Si](C)(C)OC[C@@H]1CC[C@H](n2cnc3c(N)ncnc32)CO1. The molecule has 8 heteroatoms. The minimum atomic E-state index is -1.73. The lowest BCUT2D eigenvalue weighted by atomic mass is 10.1. The molecule has 3 heterocycles. The molecular formula is C17H29N5O2Si. The van der Waals surface area contributed by atoms with Gasteiger partial charge in [0, 0.05) is 0 Å². The van der Waals surface area contributed by atoms with E-state index >= 15 is 0 Å². The van der Waals surface area contributed by atoms with E-state index in [0.717, 1.165) is 18.5 Å². The Hall–Kier alpha value is -1.51. The van der Waals surface area contributed by atoms with E-state index in [1.54, 1.807) is 6.33 Å². The molecule has 2 atom stereocenters. The van der Waals surface area contributed by atoms with Gasteiger partial charge < -0.3 is 19.5 Å². The Morgan fingerprint density at radius 3 is 2.68 bits per heavy atom. The van der Waals surface area contributed by atoms with Crippen LogP contribution in [0.5, 0.6) is 0 Å². The average Bonchev–Trinajstić information content (AvgIpc) is 2.98. The zero-order chi connectivity index (χ0) is 18.2. The number of hydrogen-bond donors (Lipinski definition) is 1. The van der Waals surface area contributed by atoms with E-state index in [1.807, 2.05) is 0 Å². The third kappa shape index (κ3) is 3.70. The van der Waals surface area contributed by atoms with Gasteiger partial charge in [0.2, 0.25) is 0 Å². The van der Waals surface area contributed by atoms with Gasteiger partial charge in [-0.05, 0) is 31.0 Å². The third-order valence-electron chi connectivity index (χ3n) is 5.56. The Morgan fingerprint density at radius 2 is 2.04 bits per heavy atom. The number of ether oxygens (including phenoxy) is 1. The summed E-state index contributed by atoms with van der Waals surface area (Å²) in [6.07, 6.45) is 5.42. The van der Waals surface area contributed by atoms with Crippen molar-refractivity contribution in [2.24, 2.45) is 0 Å². The molecule has 1 aliphatic heterocycles. The standard InChI is InChI=1S/C17H29N5O2Si/c1-17(2,3)25(4,5)24-9-13-7-6-12(8-23-13)22-11-21-14-15(18)19-10-20-16(14)22/h10-13H,6-9H2,1-5H3,(H2,18,19,20)/t12-,13-/m0/s1. The van der Waals surface area contributed by atoms with Crippen molar-refractivity contribution >= 4 is 25.3 Å². The first-order valence-electron chi connectivity index (χ1n) is 8.87. The molecule has 1 aliphatic rings. The van der Waals surface area contributed by atoms with Gasteiger partial charge in [0.15, 0.2) is 19.8 Å². The Labute approximate surface area is 150 Å². The van der Waals surface area contributed by atoms with Gasteiger partial charge in [-0.15, -0.1) is 0 Å². The van der Waals surface area contributed by atoms with Crippen LogP contribution < -0.4 is 5.73 Å². The first-order valence-corrected chi connectivity index (χ1v) is 11.8. The van der Waals surface area contributed by atoms with Crippen molar-refractivity contribution in [2.45, 2.75) is 63.9 Å². The molecule has 3 rings (SSSR count). The maximum atomic E-state index is 6.30. The Bertz CT molecular complexity index is 732. The first-order chi connectivity index (χ1) is 11.7. The van der Waals surface area contributed by atoms with E-state index in [0.29, 0.717) is 24.5 Å². The zero-order valence-electron chi connectivity index (χ0n) is 15.8. The lowest BCUT2D eigenvalue weighted by molar-refractivity contribution is -0.0356. The van der Waals surface area contributed by atoms with Crippen molar-refractivity contribution in [1.29, 1.82) is 0 Å². The van der Waals surface area contributed by atoms with Crippen LogP contribution in [-0.2, 0) is 9.16 Å². The molecular weight excluding hydrogens is 334 g/mol. The highest BCUT2D eigenvalue weighted by Crippen LogP contribution is 2.37. The summed E-state index contributed by atoms with van der Waals surface area (Å²) in [5.74, 6) is 0.418. The third-order valence-corrected chi connectivity index (χ3v) is 10.1. The molecule has 1 saturated heterocycles. The van der Waals surface area contributed by atoms with E-state index in [4.69, 9.17) is 14.9 Å². The molecule has 1 fully saturated rings. The van der Waals surface area contributed by atoms with Crippen molar-refractivity contribution in [1.82, 2.24) is 19.5 Å². The van der Waals surface area contributed by atoms with Crippen molar-refractivity contribution < 1.29 is 9.16 Å². The number of hydrogen-bond acceptors (Lipinski definition) is 6. The molecule has 0 aliphatic carbocycles. The highest BCUT2D eigenvalue weighted by atomic mass is 28.4. The van der Waals surface area contributed by atoms with Crippen LogP contribution in [0, 0.1) is 0 Å². The molecule has 0 aromatic carbocycles. The minimum Gasteiger partial charge on any atom is -0.414 e. The number of nitrogens with zero attached hydrogens (tertiary/aromatic N) is 4. The van der Waals surface area contributed by atoms with Gasteiger partial charge in [0.25, 0.3) is 0 Å². The molecule has 0 amide bonds. The molecule has 2 aromatic rings. The summed E-state index contributed by atoms with van der Waals surface area (Å²) < 4.78 is 14.4. The predicted octanol–water partition coefficient (Wildman–Crippen LogP) is 3.15. The molecule has 0 radical (unpaired) electrons. The Kier molecular flexibility index (Phi) is 4.87. The summed E-state index contributed by atoms with van der Waals surface area (Å²) in [5.41, 5.74) is 7.30. The van der Waals surface area contributed by atoms with Gasteiger partial charge in [-0.1, -0.05) is 20.8 Å². The highest BCUT2D eigenvalue weighted by Gasteiger charge is 2.38. The Balaban J connectivity index is 1.59. The lowest BCUT2D eigenvalue weighted by Crippen LogP contribution is -2.43. The summed E-state index contributed by atoms with van der Waals surface area (Å²) in [5, 5.41) is 0.222. The topological polar surface area (TPSA) is 88.1 Å². The van der Waals surface area contributed by atoms with Gasteiger partial charge >= 0.3 is 0 Å². The fourth-order valence-corrected chi connectivity index (χ4v) is 3.83. The van der Waals surface area contributed by atoms with Crippen LogP contribution in [0.1, 0.15) is 39.7 Å². The molecule has 25 heavy (non-hydrogen) atoms. The van der Waals surface area contributed by atoms with Crippen molar-refractivity contribution in [2.75, 3.05) is 18.9 Å². The maximum Gasteiger partial charge on any atom is 0.192 e. The van der Waals surface area contributed by atoms with E-state index in [1.165, 1.54) is 6.33 Å². The Morgan fingerprint density at radius 1 is 1.28 bits per heavy atom. The smallest absolute Gasteiger partial charge is 0.192 e. The van der Waals surface area contributed by atoms with Crippen LogP contribution in [0.3, 0.4) is 0 Å². The van der Waals surface area contributed by atoms with Gasteiger partial charge in [-0.3, -0.25) is 0 Å². The van der Waals surface area contributed by atoms with E-state index in [9.17, 15) is 0 Å². The highest BCUT2D eigenvalue weighted by molar-refractivity contribution is 6.74. The number of fused-ring (bicyclic) bond motifs is 1. The molecule has 0 saturated carbocycles. The summed E-state index contributed by atoms with van der Waals surface area (Å²) in [4.78, 5) is 12.7. The molecule has 2 aromatic heterocycles. The number of anilines is 1.